The van der Waals surface area contributed by atoms with Crippen LogP contribution in [0.1, 0.15) is 12.0 Å². The van der Waals surface area contributed by atoms with Crippen LogP contribution >= 0.6 is 11.6 Å². The van der Waals surface area contributed by atoms with Gasteiger partial charge in [-0.1, -0.05) is 48.0 Å². The van der Waals surface area contributed by atoms with Crippen LogP contribution in [0.2, 0.25) is 0 Å². The van der Waals surface area contributed by atoms with Gasteiger partial charge in [-0.05, 0) is 17.2 Å². The molecular weight excluding hydrogens is 243 g/mol. The van der Waals surface area contributed by atoms with E-state index in [2.05, 4.69) is 0 Å². The van der Waals surface area contributed by atoms with Crippen LogP contribution in [0, 0.1) is 0 Å². The molecular formula is C13H10ClFO2. The summed E-state index contributed by atoms with van der Waals surface area (Å²) in [6, 6.07) is 9.09. The fraction of sp³-hybridized carbons (Fsp3) is 0.154. The third-order valence-corrected chi connectivity index (χ3v) is 3.15. The van der Waals surface area contributed by atoms with Crippen LogP contribution in [0.15, 0.2) is 47.5 Å². The van der Waals surface area contributed by atoms with E-state index in [9.17, 15) is 9.18 Å². The second-order valence-electron chi connectivity index (χ2n) is 3.86. The zero-order chi connectivity index (χ0) is 12.5. The molecule has 4 heteroatoms. The molecule has 2 nitrogen and oxygen atoms in total. The SMILES string of the molecule is O=C(O)C1(F)CC(c2ccccc2)=CC=C1Cl. The van der Waals surface area contributed by atoms with Crippen molar-refractivity contribution in [2.75, 3.05) is 0 Å². The average molecular weight is 253 g/mol. The molecule has 1 aromatic carbocycles. The number of carboxylic acid groups (broad SMARTS) is 1. The van der Waals surface area contributed by atoms with Crippen LogP contribution in [0.25, 0.3) is 5.57 Å². The van der Waals surface area contributed by atoms with Gasteiger partial charge >= 0.3 is 5.97 Å². The van der Waals surface area contributed by atoms with Crippen LogP contribution in [0.4, 0.5) is 4.39 Å². The van der Waals surface area contributed by atoms with E-state index in [0.29, 0.717) is 5.57 Å². The normalized spacial score (nSPS) is 23.9. The Kier molecular flexibility index (Phi) is 3.03. The first-order valence-electron chi connectivity index (χ1n) is 5.08. The minimum absolute atomic E-state index is 0.248. The molecule has 88 valence electrons. The number of rotatable bonds is 2. The molecule has 0 aromatic heterocycles. The number of hydrogen-bond donors (Lipinski definition) is 1. The van der Waals surface area contributed by atoms with Gasteiger partial charge in [0.25, 0.3) is 0 Å². The van der Waals surface area contributed by atoms with Gasteiger partial charge in [-0.15, -0.1) is 0 Å². The Morgan fingerprint density at radius 1 is 1.29 bits per heavy atom. The largest absolute Gasteiger partial charge is 0.479 e. The molecule has 1 atom stereocenters. The standard InChI is InChI=1S/C13H10ClFO2/c14-11-7-6-10(8-13(11,15)12(16)17)9-4-2-1-3-5-9/h1-7H,8H2,(H,16,17). The van der Waals surface area contributed by atoms with Crippen molar-refractivity contribution in [3.05, 3.63) is 53.1 Å². The van der Waals surface area contributed by atoms with E-state index in [4.69, 9.17) is 16.7 Å². The van der Waals surface area contributed by atoms with Gasteiger partial charge in [0, 0.05) is 6.42 Å². The topological polar surface area (TPSA) is 37.3 Å². The molecule has 1 aliphatic carbocycles. The Morgan fingerprint density at radius 3 is 2.53 bits per heavy atom. The second-order valence-corrected chi connectivity index (χ2v) is 4.26. The maximum absolute atomic E-state index is 14.2. The van der Waals surface area contributed by atoms with Crippen LogP contribution < -0.4 is 0 Å². The van der Waals surface area contributed by atoms with Gasteiger partial charge in [0.05, 0.1) is 5.03 Å². The van der Waals surface area contributed by atoms with Gasteiger partial charge in [0.15, 0.2) is 0 Å². The number of aliphatic carboxylic acids is 1. The van der Waals surface area contributed by atoms with Crippen LogP contribution in [0.5, 0.6) is 0 Å². The third-order valence-electron chi connectivity index (χ3n) is 2.73. The van der Waals surface area contributed by atoms with E-state index in [1.807, 2.05) is 18.2 Å². The molecule has 0 fully saturated rings. The predicted molar refractivity (Wildman–Crippen MR) is 64.4 cm³/mol. The van der Waals surface area contributed by atoms with E-state index in [-0.39, 0.29) is 11.5 Å². The van der Waals surface area contributed by atoms with Crippen molar-refractivity contribution in [3.8, 4) is 0 Å². The summed E-state index contributed by atoms with van der Waals surface area (Å²) in [6.07, 6.45) is 2.71. The first-order chi connectivity index (χ1) is 8.04. The summed E-state index contributed by atoms with van der Waals surface area (Å²) >= 11 is 5.63. The number of benzene rings is 1. The fourth-order valence-corrected chi connectivity index (χ4v) is 1.95. The Hall–Kier alpha value is -1.61. The van der Waals surface area contributed by atoms with E-state index in [0.717, 1.165) is 5.56 Å². The molecule has 0 amide bonds. The lowest BCUT2D eigenvalue weighted by atomic mass is 9.87. The summed E-state index contributed by atoms with van der Waals surface area (Å²) in [6.45, 7) is 0. The highest BCUT2D eigenvalue weighted by Gasteiger charge is 2.44. The minimum Gasteiger partial charge on any atom is -0.479 e. The minimum atomic E-state index is -2.51. The predicted octanol–water partition coefficient (Wildman–Crippen LogP) is 3.39. The summed E-state index contributed by atoms with van der Waals surface area (Å²) in [5, 5.41) is 8.62. The molecule has 1 N–H and O–H groups in total. The molecule has 2 rings (SSSR count). The van der Waals surface area contributed by atoms with Crippen molar-refractivity contribution in [1.29, 1.82) is 0 Å². The van der Waals surface area contributed by atoms with E-state index >= 15 is 0 Å². The van der Waals surface area contributed by atoms with Gasteiger partial charge in [-0.3, -0.25) is 0 Å². The van der Waals surface area contributed by atoms with Crippen molar-refractivity contribution in [2.45, 2.75) is 12.1 Å². The quantitative estimate of drug-likeness (QED) is 0.876. The number of alkyl halides is 1. The summed E-state index contributed by atoms with van der Waals surface area (Å²) in [7, 11) is 0. The van der Waals surface area contributed by atoms with Gasteiger partial charge in [0.2, 0.25) is 5.67 Å². The van der Waals surface area contributed by atoms with Crippen molar-refractivity contribution >= 4 is 23.1 Å². The smallest absolute Gasteiger partial charge is 0.347 e. The van der Waals surface area contributed by atoms with Crippen molar-refractivity contribution in [2.24, 2.45) is 0 Å². The highest BCUT2D eigenvalue weighted by molar-refractivity contribution is 6.33. The lowest BCUT2D eigenvalue weighted by Gasteiger charge is -2.24. The highest BCUT2D eigenvalue weighted by atomic mass is 35.5. The molecule has 0 heterocycles. The molecule has 0 bridgehead atoms. The van der Waals surface area contributed by atoms with Crippen molar-refractivity contribution in [3.63, 3.8) is 0 Å². The van der Waals surface area contributed by atoms with Crippen LogP contribution in [0.3, 0.4) is 0 Å². The van der Waals surface area contributed by atoms with Crippen molar-refractivity contribution < 1.29 is 14.3 Å². The number of carbonyl (C=O) groups is 1. The van der Waals surface area contributed by atoms with Crippen LogP contribution in [-0.2, 0) is 4.79 Å². The van der Waals surface area contributed by atoms with E-state index < -0.39 is 11.6 Å². The van der Waals surface area contributed by atoms with Crippen molar-refractivity contribution in [1.82, 2.24) is 0 Å². The Morgan fingerprint density at radius 2 is 1.94 bits per heavy atom. The zero-order valence-electron chi connectivity index (χ0n) is 8.86. The lowest BCUT2D eigenvalue weighted by Crippen LogP contribution is -2.35. The van der Waals surface area contributed by atoms with Gasteiger partial charge in [-0.2, -0.15) is 0 Å². The Balaban J connectivity index is 2.39. The second kappa shape index (κ2) is 4.34. The summed E-state index contributed by atoms with van der Waals surface area (Å²) in [5.74, 6) is -1.56. The molecule has 0 radical (unpaired) electrons. The van der Waals surface area contributed by atoms with E-state index in [1.165, 1.54) is 6.08 Å². The fourth-order valence-electron chi connectivity index (χ4n) is 1.74. The number of hydrogen-bond acceptors (Lipinski definition) is 1. The maximum Gasteiger partial charge on any atom is 0.347 e. The van der Waals surface area contributed by atoms with Gasteiger partial charge in [-0.25, -0.2) is 9.18 Å². The monoisotopic (exact) mass is 252 g/mol. The highest BCUT2D eigenvalue weighted by Crippen LogP contribution is 2.39. The average Bonchev–Trinajstić information content (AvgIpc) is 2.33. The molecule has 1 unspecified atom stereocenters. The summed E-state index contributed by atoms with van der Waals surface area (Å²) in [5.41, 5.74) is -1.09. The van der Waals surface area contributed by atoms with Crippen LogP contribution in [-0.4, -0.2) is 16.7 Å². The van der Waals surface area contributed by atoms with Gasteiger partial charge < -0.3 is 5.11 Å². The molecule has 0 saturated carbocycles. The number of halogens is 2. The van der Waals surface area contributed by atoms with Gasteiger partial charge in [0.1, 0.15) is 0 Å². The Bertz CT molecular complexity index is 507. The molecule has 0 aliphatic heterocycles. The van der Waals surface area contributed by atoms with E-state index in [1.54, 1.807) is 18.2 Å². The number of allylic oxidation sites excluding steroid dienone is 3. The molecule has 0 saturated heterocycles. The summed E-state index contributed by atoms with van der Waals surface area (Å²) < 4.78 is 14.2. The Labute approximate surface area is 103 Å². The maximum atomic E-state index is 14.2. The molecule has 1 aromatic rings. The summed E-state index contributed by atoms with van der Waals surface area (Å²) in [4.78, 5) is 10.9. The molecule has 17 heavy (non-hydrogen) atoms. The first-order valence-corrected chi connectivity index (χ1v) is 5.46. The number of carboxylic acids is 1. The zero-order valence-corrected chi connectivity index (χ0v) is 9.62. The lowest BCUT2D eigenvalue weighted by molar-refractivity contribution is -0.147. The molecule has 0 spiro atoms. The first kappa shape index (κ1) is 11.9. The third kappa shape index (κ3) is 2.11. The molecule has 1 aliphatic rings.